The molecule has 0 aliphatic heterocycles. The Labute approximate surface area is 102 Å². The first-order chi connectivity index (χ1) is 7.52. The van der Waals surface area contributed by atoms with Gasteiger partial charge in [0, 0.05) is 0 Å². The lowest BCUT2D eigenvalue weighted by Crippen LogP contribution is -1.86. The Morgan fingerprint density at radius 3 is 0.938 bits per heavy atom. The van der Waals surface area contributed by atoms with E-state index in [1.807, 2.05) is 39.8 Å². The predicted octanol–water partition coefficient (Wildman–Crippen LogP) is 5.53. The van der Waals surface area contributed by atoms with E-state index in [1.165, 1.54) is 22.3 Å². The summed E-state index contributed by atoms with van der Waals surface area (Å²) in [5.74, 6) is 0. The normalized spacial score (nSPS) is 9.00. The van der Waals surface area contributed by atoms with Crippen molar-refractivity contribution in [3.8, 4) is 0 Å². The molecule has 0 saturated carbocycles. The monoisotopic (exact) mass is 220 g/mol. The summed E-state index contributed by atoms with van der Waals surface area (Å²) >= 11 is 0. The van der Waals surface area contributed by atoms with Crippen LogP contribution in [0.25, 0.3) is 0 Å². The highest BCUT2D eigenvalue weighted by Crippen LogP contribution is 2.13. The fourth-order valence-electron chi connectivity index (χ4n) is 1.10. The summed E-state index contributed by atoms with van der Waals surface area (Å²) in [6, 6.07) is 4.48. The van der Waals surface area contributed by atoms with Crippen LogP contribution < -0.4 is 0 Å². The summed E-state index contributed by atoms with van der Waals surface area (Å²) in [6.45, 7) is 16.6. The molecule has 0 fully saturated rings. The van der Waals surface area contributed by atoms with Crippen LogP contribution in [0.3, 0.4) is 0 Å². The van der Waals surface area contributed by atoms with Crippen molar-refractivity contribution >= 4 is 0 Å². The van der Waals surface area contributed by atoms with Crippen LogP contribution >= 0.6 is 0 Å². The number of benzene rings is 1. The summed E-state index contributed by atoms with van der Waals surface area (Å²) in [4.78, 5) is 0. The van der Waals surface area contributed by atoms with Crippen molar-refractivity contribution in [1.29, 1.82) is 0 Å². The summed E-state index contributed by atoms with van der Waals surface area (Å²) in [7, 11) is 0. The second kappa shape index (κ2) is 10.5. The second-order valence-corrected chi connectivity index (χ2v) is 3.69. The van der Waals surface area contributed by atoms with Crippen molar-refractivity contribution in [2.75, 3.05) is 0 Å². The average molecular weight is 220 g/mol. The van der Waals surface area contributed by atoms with E-state index in [0.717, 1.165) is 0 Å². The van der Waals surface area contributed by atoms with Crippen LogP contribution in [-0.4, -0.2) is 0 Å². The molecule has 0 aliphatic carbocycles. The maximum Gasteiger partial charge on any atom is -0.0395 e. The van der Waals surface area contributed by atoms with Crippen LogP contribution in [0.4, 0.5) is 0 Å². The van der Waals surface area contributed by atoms with Gasteiger partial charge in [-0.2, -0.15) is 0 Å². The van der Waals surface area contributed by atoms with E-state index >= 15 is 0 Å². The minimum atomic E-state index is 1.39. The van der Waals surface area contributed by atoms with Gasteiger partial charge in [-0.25, -0.2) is 0 Å². The number of aryl methyl sites for hydroxylation is 4. The van der Waals surface area contributed by atoms with Gasteiger partial charge in [0.25, 0.3) is 0 Å². The smallest absolute Gasteiger partial charge is 0.0395 e. The molecule has 0 atom stereocenters. The van der Waals surface area contributed by atoms with Gasteiger partial charge < -0.3 is 0 Å². The van der Waals surface area contributed by atoms with Crippen molar-refractivity contribution in [1.82, 2.24) is 0 Å². The highest BCUT2D eigenvalue weighted by atomic mass is 14.0. The zero-order valence-corrected chi connectivity index (χ0v) is 12.3. The van der Waals surface area contributed by atoms with Gasteiger partial charge in [0.15, 0.2) is 0 Å². The lowest BCUT2D eigenvalue weighted by atomic mass is 10.0. The molecule has 0 aromatic heterocycles. The molecule has 1 rings (SSSR count). The lowest BCUT2D eigenvalue weighted by Gasteiger charge is -2.04. The zero-order valence-electron chi connectivity index (χ0n) is 12.3. The SMILES string of the molecule is C/C=C\C.CC.Cc1cc(C)c(C)cc1C. The Balaban J connectivity index is 0. The summed E-state index contributed by atoms with van der Waals surface area (Å²) in [5, 5.41) is 0. The Morgan fingerprint density at radius 2 is 0.812 bits per heavy atom. The maximum absolute atomic E-state index is 2.24. The minimum Gasteiger partial charge on any atom is -0.0919 e. The second-order valence-electron chi connectivity index (χ2n) is 3.69. The number of allylic oxidation sites excluding steroid dienone is 2. The molecule has 0 aliphatic rings. The van der Waals surface area contributed by atoms with Crippen LogP contribution in [0.5, 0.6) is 0 Å². The van der Waals surface area contributed by atoms with E-state index in [9.17, 15) is 0 Å². The van der Waals surface area contributed by atoms with Crippen LogP contribution in [0, 0.1) is 27.7 Å². The van der Waals surface area contributed by atoms with Gasteiger partial charge in [-0.05, 0) is 63.8 Å². The number of hydrogen-bond donors (Lipinski definition) is 0. The highest BCUT2D eigenvalue weighted by molar-refractivity contribution is 5.35. The first-order valence-electron chi connectivity index (χ1n) is 6.14. The van der Waals surface area contributed by atoms with Crippen LogP contribution in [0.2, 0.25) is 0 Å². The first-order valence-corrected chi connectivity index (χ1v) is 6.14. The Hall–Kier alpha value is -1.04. The van der Waals surface area contributed by atoms with Gasteiger partial charge in [-0.1, -0.05) is 38.1 Å². The molecule has 0 spiro atoms. The fraction of sp³-hybridized carbons (Fsp3) is 0.500. The molecule has 16 heavy (non-hydrogen) atoms. The van der Waals surface area contributed by atoms with Gasteiger partial charge in [0.2, 0.25) is 0 Å². The Bertz CT molecular complexity index is 252. The van der Waals surface area contributed by atoms with Crippen molar-refractivity contribution < 1.29 is 0 Å². The van der Waals surface area contributed by atoms with Gasteiger partial charge in [0.1, 0.15) is 0 Å². The molecular formula is C16H28. The molecule has 92 valence electrons. The topological polar surface area (TPSA) is 0 Å². The van der Waals surface area contributed by atoms with Crippen molar-refractivity contribution in [3.63, 3.8) is 0 Å². The van der Waals surface area contributed by atoms with Gasteiger partial charge >= 0.3 is 0 Å². The molecule has 0 saturated heterocycles. The van der Waals surface area contributed by atoms with Gasteiger partial charge in [-0.15, -0.1) is 0 Å². The molecule has 1 aromatic rings. The van der Waals surface area contributed by atoms with Crippen LogP contribution in [0.15, 0.2) is 24.3 Å². The molecule has 0 unspecified atom stereocenters. The third-order valence-electron chi connectivity index (χ3n) is 2.44. The molecule has 1 aromatic carbocycles. The van der Waals surface area contributed by atoms with E-state index in [-0.39, 0.29) is 0 Å². The van der Waals surface area contributed by atoms with E-state index in [1.54, 1.807) is 0 Å². The lowest BCUT2D eigenvalue weighted by molar-refractivity contribution is 1.24. The first kappa shape index (κ1) is 17.4. The maximum atomic E-state index is 2.24. The third-order valence-corrected chi connectivity index (χ3v) is 2.44. The Kier molecular flexibility index (Phi) is 11.4. The molecule has 0 N–H and O–H groups in total. The number of rotatable bonds is 0. The molecule has 0 nitrogen and oxygen atoms in total. The van der Waals surface area contributed by atoms with Crippen molar-refractivity contribution in [3.05, 3.63) is 46.5 Å². The van der Waals surface area contributed by atoms with E-state index in [2.05, 4.69) is 39.8 Å². The molecule has 0 heteroatoms. The minimum absolute atomic E-state index is 1.39. The molecule has 0 bridgehead atoms. The Morgan fingerprint density at radius 1 is 0.625 bits per heavy atom. The molecule has 0 amide bonds. The third kappa shape index (κ3) is 7.28. The fourth-order valence-corrected chi connectivity index (χ4v) is 1.10. The van der Waals surface area contributed by atoms with E-state index < -0.39 is 0 Å². The zero-order chi connectivity index (χ0) is 13.1. The van der Waals surface area contributed by atoms with E-state index in [4.69, 9.17) is 0 Å². The molecule has 0 heterocycles. The predicted molar refractivity (Wildman–Crippen MR) is 77.2 cm³/mol. The van der Waals surface area contributed by atoms with Gasteiger partial charge in [0.05, 0.1) is 0 Å². The van der Waals surface area contributed by atoms with Crippen molar-refractivity contribution in [2.45, 2.75) is 55.4 Å². The number of hydrogen-bond acceptors (Lipinski definition) is 0. The van der Waals surface area contributed by atoms with Gasteiger partial charge in [-0.3, -0.25) is 0 Å². The summed E-state index contributed by atoms with van der Waals surface area (Å²) in [6.07, 6.45) is 4.00. The summed E-state index contributed by atoms with van der Waals surface area (Å²) in [5.41, 5.74) is 5.57. The molecule has 0 radical (unpaired) electrons. The van der Waals surface area contributed by atoms with Crippen LogP contribution in [0.1, 0.15) is 49.9 Å². The van der Waals surface area contributed by atoms with E-state index in [0.29, 0.717) is 0 Å². The average Bonchev–Trinajstić information content (AvgIpc) is 2.30. The largest absolute Gasteiger partial charge is 0.0919 e. The highest BCUT2D eigenvalue weighted by Gasteiger charge is 1.95. The quantitative estimate of drug-likeness (QED) is 0.504. The van der Waals surface area contributed by atoms with Crippen molar-refractivity contribution in [2.24, 2.45) is 0 Å². The van der Waals surface area contributed by atoms with Crippen LogP contribution in [-0.2, 0) is 0 Å². The molecular weight excluding hydrogens is 192 g/mol. The standard InChI is InChI=1S/C10H14.C4H8.C2H6/c1-7-5-9(3)10(4)6-8(7)2;1-3-4-2;1-2/h5-6H,1-4H3;3-4H,1-2H3;1-2H3/b;4-3-;. The summed E-state index contributed by atoms with van der Waals surface area (Å²) < 4.78 is 0.